The van der Waals surface area contributed by atoms with E-state index in [1.54, 1.807) is 12.4 Å². The highest BCUT2D eigenvalue weighted by molar-refractivity contribution is 5.67. The van der Waals surface area contributed by atoms with Crippen LogP contribution in [0.15, 0.2) is 12.4 Å². The first-order valence-electron chi connectivity index (χ1n) is 5.16. The first-order valence-corrected chi connectivity index (χ1v) is 5.16. The van der Waals surface area contributed by atoms with Crippen molar-refractivity contribution in [2.24, 2.45) is 5.73 Å². The lowest BCUT2D eigenvalue weighted by atomic mass is 10.1. The number of hydrogen-bond acceptors (Lipinski definition) is 5. The van der Waals surface area contributed by atoms with E-state index in [0.717, 1.165) is 13.0 Å². The summed E-state index contributed by atoms with van der Waals surface area (Å²) < 4.78 is 0. The number of anilines is 1. The summed E-state index contributed by atoms with van der Waals surface area (Å²) in [7, 11) is 0. The maximum atomic E-state index is 10.5. The summed E-state index contributed by atoms with van der Waals surface area (Å²) in [6.45, 7) is 2.85. The molecule has 6 nitrogen and oxygen atoms in total. The average Bonchev–Trinajstić information content (AvgIpc) is 2.26. The van der Waals surface area contributed by atoms with Gasteiger partial charge in [-0.2, -0.15) is 0 Å². The van der Waals surface area contributed by atoms with E-state index in [0.29, 0.717) is 11.5 Å². The van der Waals surface area contributed by atoms with Gasteiger partial charge in [-0.05, 0) is 6.42 Å². The van der Waals surface area contributed by atoms with Crippen molar-refractivity contribution >= 4 is 11.9 Å². The second-order valence-corrected chi connectivity index (χ2v) is 3.47. The maximum absolute atomic E-state index is 10.5. The van der Waals surface area contributed by atoms with Crippen LogP contribution >= 0.6 is 0 Å². The van der Waals surface area contributed by atoms with E-state index in [-0.39, 0.29) is 6.42 Å². The van der Waals surface area contributed by atoms with Crippen LogP contribution in [-0.2, 0) is 4.79 Å². The smallest absolute Gasteiger partial charge is 0.305 e. The van der Waals surface area contributed by atoms with Crippen LogP contribution in [0.1, 0.15) is 31.4 Å². The Kier molecular flexibility index (Phi) is 4.65. The molecule has 1 unspecified atom stereocenters. The quantitative estimate of drug-likeness (QED) is 0.659. The molecule has 0 aliphatic rings. The Balaban J connectivity index is 2.59. The molecular formula is C10H16N4O2. The Morgan fingerprint density at radius 3 is 2.69 bits per heavy atom. The van der Waals surface area contributed by atoms with Gasteiger partial charge in [0.15, 0.2) is 0 Å². The molecular weight excluding hydrogens is 208 g/mol. The number of aliphatic carboxylic acids is 1. The van der Waals surface area contributed by atoms with Gasteiger partial charge in [-0.25, -0.2) is 9.97 Å². The SMILES string of the molecule is CCCNc1ncc(C(N)CC(=O)O)cn1. The molecule has 6 heteroatoms. The third-order valence-electron chi connectivity index (χ3n) is 2.03. The molecule has 1 heterocycles. The van der Waals surface area contributed by atoms with Gasteiger partial charge in [-0.3, -0.25) is 4.79 Å². The molecule has 1 aromatic rings. The minimum Gasteiger partial charge on any atom is -0.481 e. The van der Waals surface area contributed by atoms with Gasteiger partial charge in [0.05, 0.1) is 6.42 Å². The molecule has 4 N–H and O–H groups in total. The number of hydrogen-bond donors (Lipinski definition) is 3. The monoisotopic (exact) mass is 224 g/mol. The van der Waals surface area contributed by atoms with Gasteiger partial charge in [-0.15, -0.1) is 0 Å². The highest BCUT2D eigenvalue weighted by Gasteiger charge is 2.11. The number of carboxylic acid groups (broad SMARTS) is 1. The molecule has 1 rings (SSSR count). The third-order valence-corrected chi connectivity index (χ3v) is 2.03. The van der Waals surface area contributed by atoms with Crippen molar-refractivity contribution in [2.45, 2.75) is 25.8 Å². The molecule has 0 amide bonds. The summed E-state index contributed by atoms with van der Waals surface area (Å²) in [6, 6.07) is -0.558. The molecule has 0 fully saturated rings. The van der Waals surface area contributed by atoms with Gasteiger partial charge in [0.25, 0.3) is 0 Å². The van der Waals surface area contributed by atoms with Gasteiger partial charge in [0, 0.05) is 30.5 Å². The highest BCUT2D eigenvalue weighted by atomic mass is 16.4. The van der Waals surface area contributed by atoms with Crippen molar-refractivity contribution in [3.8, 4) is 0 Å². The fourth-order valence-corrected chi connectivity index (χ4v) is 1.16. The molecule has 0 bridgehead atoms. The number of carboxylic acids is 1. The molecule has 0 aliphatic carbocycles. The summed E-state index contributed by atoms with van der Waals surface area (Å²) in [6.07, 6.45) is 3.98. The average molecular weight is 224 g/mol. The number of nitrogens with zero attached hydrogens (tertiary/aromatic N) is 2. The van der Waals surface area contributed by atoms with E-state index in [9.17, 15) is 4.79 Å². The lowest BCUT2D eigenvalue weighted by Crippen LogP contribution is -2.16. The third kappa shape index (κ3) is 3.82. The van der Waals surface area contributed by atoms with E-state index in [1.165, 1.54) is 0 Å². The zero-order valence-corrected chi connectivity index (χ0v) is 9.18. The summed E-state index contributed by atoms with van der Waals surface area (Å²) >= 11 is 0. The fraction of sp³-hybridized carbons (Fsp3) is 0.500. The van der Waals surface area contributed by atoms with E-state index in [4.69, 9.17) is 10.8 Å². The Hall–Kier alpha value is -1.69. The molecule has 0 saturated heterocycles. The minimum atomic E-state index is -0.930. The topological polar surface area (TPSA) is 101 Å². The number of nitrogens with two attached hydrogens (primary N) is 1. The molecule has 1 atom stereocenters. The Morgan fingerprint density at radius 1 is 1.56 bits per heavy atom. The molecule has 0 aliphatic heterocycles. The van der Waals surface area contributed by atoms with Gasteiger partial charge in [-0.1, -0.05) is 6.92 Å². The minimum absolute atomic E-state index is 0.120. The van der Waals surface area contributed by atoms with Crippen LogP contribution in [0.3, 0.4) is 0 Å². The highest BCUT2D eigenvalue weighted by Crippen LogP contribution is 2.12. The van der Waals surface area contributed by atoms with Gasteiger partial charge in [0.2, 0.25) is 5.95 Å². The molecule has 0 saturated carbocycles. The van der Waals surface area contributed by atoms with Crippen molar-refractivity contribution in [1.82, 2.24) is 9.97 Å². The normalized spacial score (nSPS) is 12.1. The molecule has 1 aromatic heterocycles. The van der Waals surface area contributed by atoms with Crippen LogP contribution in [0.5, 0.6) is 0 Å². The predicted octanol–water partition coefficient (Wildman–Crippen LogP) is 0.773. The van der Waals surface area contributed by atoms with Gasteiger partial charge in [0.1, 0.15) is 0 Å². The Bertz CT molecular complexity index is 339. The van der Waals surface area contributed by atoms with E-state index in [2.05, 4.69) is 15.3 Å². The standard InChI is InChI=1S/C10H16N4O2/c1-2-3-12-10-13-5-7(6-14-10)8(11)4-9(15)16/h5-6,8H,2-4,11H2,1H3,(H,15,16)(H,12,13,14). The zero-order valence-electron chi connectivity index (χ0n) is 9.18. The van der Waals surface area contributed by atoms with E-state index in [1.807, 2.05) is 6.92 Å². The first-order chi connectivity index (χ1) is 7.63. The number of aromatic nitrogens is 2. The number of carbonyl (C=O) groups is 1. The van der Waals surface area contributed by atoms with Crippen LogP contribution in [0, 0.1) is 0 Å². The molecule has 0 spiro atoms. The summed E-state index contributed by atoms with van der Waals surface area (Å²) in [4.78, 5) is 18.6. The lowest BCUT2D eigenvalue weighted by Gasteiger charge is -2.09. The molecule has 0 aromatic carbocycles. The zero-order chi connectivity index (χ0) is 12.0. The van der Waals surface area contributed by atoms with Crippen LogP contribution in [0.25, 0.3) is 0 Å². The van der Waals surface area contributed by atoms with Gasteiger partial charge >= 0.3 is 5.97 Å². The van der Waals surface area contributed by atoms with Crippen molar-refractivity contribution in [2.75, 3.05) is 11.9 Å². The van der Waals surface area contributed by atoms with Crippen molar-refractivity contribution in [3.05, 3.63) is 18.0 Å². The van der Waals surface area contributed by atoms with Crippen molar-refractivity contribution in [3.63, 3.8) is 0 Å². The van der Waals surface area contributed by atoms with Crippen LogP contribution in [0.2, 0.25) is 0 Å². The van der Waals surface area contributed by atoms with E-state index < -0.39 is 12.0 Å². The fourth-order valence-electron chi connectivity index (χ4n) is 1.16. The van der Waals surface area contributed by atoms with Crippen LogP contribution < -0.4 is 11.1 Å². The van der Waals surface area contributed by atoms with Gasteiger partial charge < -0.3 is 16.2 Å². The summed E-state index contributed by atoms with van der Waals surface area (Å²) in [5.74, 6) is -0.395. The van der Waals surface area contributed by atoms with Crippen molar-refractivity contribution < 1.29 is 9.90 Å². The second-order valence-electron chi connectivity index (χ2n) is 3.47. The summed E-state index contributed by atoms with van der Waals surface area (Å²) in [5.41, 5.74) is 6.29. The number of nitrogens with one attached hydrogen (secondary N) is 1. The van der Waals surface area contributed by atoms with Crippen LogP contribution in [0.4, 0.5) is 5.95 Å². The second kappa shape index (κ2) is 6.02. The Morgan fingerprint density at radius 2 is 2.19 bits per heavy atom. The predicted molar refractivity (Wildman–Crippen MR) is 60.0 cm³/mol. The van der Waals surface area contributed by atoms with Crippen LogP contribution in [-0.4, -0.2) is 27.6 Å². The van der Waals surface area contributed by atoms with Crippen molar-refractivity contribution in [1.29, 1.82) is 0 Å². The maximum Gasteiger partial charge on any atom is 0.305 e. The summed E-state index contributed by atoms with van der Waals surface area (Å²) in [5, 5.41) is 11.6. The Labute approximate surface area is 93.9 Å². The molecule has 88 valence electrons. The number of rotatable bonds is 6. The molecule has 0 radical (unpaired) electrons. The first kappa shape index (κ1) is 12.4. The lowest BCUT2D eigenvalue weighted by molar-refractivity contribution is -0.137. The molecule has 16 heavy (non-hydrogen) atoms. The van der Waals surface area contributed by atoms with E-state index >= 15 is 0 Å². The largest absolute Gasteiger partial charge is 0.481 e.